The highest BCUT2D eigenvalue weighted by Crippen LogP contribution is 2.30. The third-order valence-corrected chi connectivity index (χ3v) is 6.33. The second kappa shape index (κ2) is 9.34. The highest BCUT2D eigenvalue weighted by Gasteiger charge is 2.13. The number of rotatable bonds is 7. The number of esters is 1. The number of fused-ring (bicyclic) bond motifs is 1. The quantitative estimate of drug-likeness (QED) is 0.386. The molecule has 0 unspecified atom stereocenters. The predicted molar refractivity (Wildman–Crippen MR) is 120 cm³/mol. The van der Waals surface area contributed by atoms with Crippen molar-refractivity contribution in [3.63, 3.8) is 0 Å². The normalized spacial score (nSPS) is 10.8. The molecule has 9 heteroatoms. The number of amides is 1. The molecular formula is C21H16ClN3O3S2. The van der Waals surface area contributed by atoms with Crippen molar-refractivity contribution in [2.24, 2.45) is 0 Å². The minimum atomic E-state index is -0.444. The van der Waals surface area contributed by atoms with E-state index in [1.54, 1.807) is 22.8 Å². The van der Waals surface area contributed by atoms with Crippen molar-refractivity contribution in [2.75, 3.05) is 11.9 Å². The predicted octanol–water partition coefficient (Wildman–Crippen LogP) is 5.19. The summed E-state index contributed by atoms with van der Waals surface area (Å²) >= 11 is 9.00. The largest absolute Gasteiger partial charge is 0.456 e. The van der Waals surface area contributed by atoms with E-state index < -0.39 is 11.9 Å². The van der Waals surface area contributed by atoms with Crippen LogP contribution in [0.5, 0.6) is 0 Å². The van der Waals surface area contributed by atoms with Crippen LogP contribution in [0.3, 0.4) is 0 Å². The lowest BCUT2D eigenvalue weighted by atomic mass is 10.2. The molecule has 0 aliphatic carbocycles. The van der Waals surface area contributed by atoms with Gasteiger partial charge in [-0.1, -0.05) is 41.9 Å². The third kappa shape index (κ3) is 5.02. The summed E-state index contributed by atoms with van der Waals surface area (Å²) in [5.41, 5.74) is 2.38. The van der Waals surface area contributed by atoms with Gasteiger partial charge in [0.2, 0.25) is 0 Å². The maximum absolute atomic E-state index is 12.1. The Morgan fingerprint density at radius 1 is 1.07 bits per heavy atom. The van der Waals surface area contributed by atoms with Crippen LogP contribution in [0, 0.1) is 0 Å². The molecule has 0 saturated carbocycles. The van der Waals surface area contributed by atoms with Crippen molar-refractivity contribution in [2.45, 2.75) is 12.8 Å². The van der Waals surface area contributed by atoms with Gasteiger partial charge >= 0.3 is 5.97 Å². The molecule has 0 spiro atoms. The summed E-state index contributed by atoms with van der Waals surface area (Å²) < 4.78 is 6.15. The van der Waals surface area contributed by atoms with E-state index in [1.165, 1.54) is 11.3 Å². The first-order valence-electron chi connectivity index (χ1n) is 9.09. The minimum absolute atomic E-state index is 0.168. The molecule has 0 saturated heterocycles. The number of aromatic nitrogens is 2. The lowest BCUT2D eigenvalue weighted by molar-refractivity contribution is -0.147. The zero-order valence-electron chi connectivity index (χ0n) is 15.6. The van der Waals surface area contributed by atoms with Crippen LogP contribution < -0.4 is 5.32 Å². The fraction of sp³-hybridized carbons (Fsp3) is 0.143. The number of para-hydroxylation sites is 1. The van der Waals surface area contributed by atoms with Gasteiger partial charge < -0.3 is 4.74 Å². The molecule has 2 aromatic heterocycles. The minimum Gasteiger partial charge on any atom is -0.456 e. The summed E-state index contributed by atoms with van der Waals surface area (Å²) in [5, 5.41) is 6.31. The highest BCUT2D eigenvalue weighted by molar-refractivity contribution is 7.18. The first-order chi connectivity index (χ1) is 14.6. The maximum atomic E-state index is 12.1. The maximum Gasteiger partial charge on any atom is 0.306 e. The number of hydrogen-bond donors (Lipinski definition) is 1. The van der Waals surface area contributed by atoms with Crippen LogP contribution in [0.15, 0.2) is 53.9 Å². The molecule has 30 heavy (non-hydrogen) atoms. The Bertz CT molecular complexity index is 1170. The zero-order valence-corrected chi connectivity index (χ0v) is 18.0. The van der Waals surface area contributed by atoms with Gasteiger partial charge in [-0.15, -0.1) is 22.7 Å². The van der Waals surface area contributed by atoms with Gasteiger partial charge in [0.05, 0.1) is 27.3 Å². The molecular weight excluding hydrogens is 442 g/mol. The third-order valence-electron chi connectivity index (χ3n) is 4.15. The van der Waals surface area contributed by atoms with Crippen LogP contribution in [0.4, 0.5) is 5.13 Å². The van der Waals surface area contributed by atoms with Gasteiger partial charge in [-0.3, -0.25) is 14.9 Å². The van der Waals surface area contributed by atoms with Crippen LogP contribution in [0.1, 0.15) is 11.4 Å². The molecule has 6 nitrogen and oxygen atoms in total. The number of carbonyl (C=O) groups is 2. The SMILES string of the molecule is O=C(COC(=O)CCc1nc2ccccc2s1)Nc1nc(-c2ccccc2Cl)cs1. The van der Waals surface area contributed by atoms with Gasteiger partial charge in [0, 0.05) is 22.4 Å². The molecule has 2 aromatic carbocycles. The summed E-state index contributed by atoms with van der Waals surface area (Å²) in [6, 6.07) is 15.2. The van der Waals surface area contributed by atoms with Crippen LogP contribution >= 0.6 is 34.3 Å². The molecule has 1 amide bonds. The number of thiazole rings is 2. The number of halogens is 1. The van der Waals surface area contributed by atoms with Crippen molar-refractivity contribution in [3.8, 4) is 11.3 Å². The molecule has 0 bridgehead atoms. The molecule has 2 heterocycles. The number of anilines is 1. The van der Waals surface area contributed by atoms with E-state index in [2.05, 4.69) is 15.3 Å². The van der Waals surface area contributed by atoms with Crippen molar-refractivity contribution < 1.29 is 14.3 Å². The average Bonchev–Trinajstić information content (AvgIpc) is 3.37. The van der Waals surface area contributed by atoms with Crippen LogP contribution in [-0.2, 0) is 20.7 Å². The summed E-state index contributed by atoms with van der Waals surface area (Å²) in [7, 11) is 0. The zero-order chi connectivity index (χ0) is 20.9. The summed E-state index contributed by atoms with van der Waals surface area (Å²) in [5.74, 6) is -0.885. The Hall–Kier alpha value is -2.81. The Labute approximate surface area is 185 Å². The first kappa shape index (κ1) is 20.5. The molecule has 0 fully saturated rings. The number of hydrogen-bond acceptors (Lipinski definition) is 7. The second-order valence-corrected chi connectivity index (χ2v) is 8.68. The number of aryl methyl sites for hydroxylation is 1. The van der Waals surface area contributed by atoms with E-state index in [0.29, 0.717) is 22.3 Å². The molecule has 4 aromatic rings. The van der Waals surface area contributed by atoms with Crippen LogP contribution in [0.2, 0.25) is 5.02 Å². The fourth-order valence-corrected chi connectivity index (χ4v) is 4.66. The van der Waals surface area contributed by atoms with Gasteiger partial charge in [0.15, 0.2) is 11.7 Å². The summed E-state index contributed by atoms with van der Waals surface area (Å²) in [4.78, 5) is 32.9. The van der Waals surface area contributed by atoms with Gasteiger partial charge in [-0.2, -0.15) is 0 Å². The standard InChI is InChI=1S/C21H16ClN3O3S2/c22-14-6-2-1-5-13(14)16-12-29-21(24-16)25-18(26)11-28-20(27)10-9-19-23-15-7-3-4-8-17(15)30-19/h1-8,12H,9-11H2,(H,24,25,26). The van der Waals surface area contributed by atoms with E-state index in [9.17, 15) is 9.59 Å². The molecule has 0 atom stereocenters. The second-order valence-electron chi connectivity index (χ2n) is 6.30. The number of nitrogens with one attached hydrogen (secondary N) is 1. The Morgan fingerprint density at radius 3 is 2.70 bits per heavy atom. The van der Waals surface area contributed by atoms with E-state index >= 15 is 0 Å². The summed E-state index contributed by atoms with van der Waals surface area (Å²) in [6.45, 7) is -0.361. The molecule has 0 aliphatic rings. The highest BCUT2D eigenvalue weighted by atomic mass is 35.5. The van der Waals surface area contributed by atoms with E-state index in [0.717, 1.165) is 20.8 Å². The Balaban J connectivity index is 1.24. The monoisotopic (exact) mass is 457 g/mol. The molecule has 0 aliphatic heterocycles. The van der Waals surface area contributed by atoms with Crippen molar-refractivity contribution in [1.82, 2.24) is 9.97 Å². The van der Waals surface area contributed by atoms with Crippen molar-refractivity contribution in [1.29, 1.82) is 0 Å². The first-order valence-corrected chi connectivity index (χ1v) is 11.2. The Kier molecular flexibility index (Phi) is 6.37. The summed E-state index contributed by atoms with van der Waals surface area (Å²) in [6.07, 6.45) is 0.647. The van der Waals surface area contributed by atoms with E-state index in [4.69, 9.17) is 16.3 Å². The van der Waals surface area contributed by atoms with Gasteiger partial charge in [-0.05, 0) is 18.2 Å². The number of ether oxygens (including phenoxy) is 1. The lowest BCUT2D eigenvalue weighted by Gasteiger charge is -2.04. The molecule has 152 valence electrons. The van der Waals surface area contributed by atoms with Crippen molar-refractivity contribution in [3.05, 3.63) is 63.9 Å². The molecule has 0 radical (unpaired) electrons. The van der Waals surface area contributed by atoms with Crippen LogP contribution in [0.25, 0.3) is 21.5 Å². The van der Waals surface area contributed by atoms with E-state index in [1.807, 2.05) is 42.5 Å². The topological polar surface area (TPSA) is 81.2 Å². The smallest absolute Gasteiger partial charge is 0.306 e. The molecule has 1 N–H and O–H groups in total. The lowest BCUT2D eigenvalue weighted by Crippen LogP contribution is -2.21. The van der Waals surface area contributed by atoms with E-state index in [-0.39, 0.29) is 13.0 Å². The van der Waals surface area contributed by atoms with Crippen molar-refractivity contribution >= 4 is 61.5 Å². The number of carbonyl (C=O) groups excluding carboxylic acids is 2. The van der Waals surface area contributed by atoms with Gasteiger partial charge in [-0.25, -0.2) is 9.97 Å². The Morgan fingerprint density at radius 2 is 1.87 bits per heavy atom. The average molecular weight is 458 g/mol. The van der Waals surface area contributed by atoms with Gasteiger partial charge in [0.1, 0.15) is 0 Å². The van der Waals surface area contributed by atoms with Gasteiger partial charge in [0.25, 0.3) is 5.91 Å². The van der Waals surface area contributed by atoms with Crippen LogP contribution in [-0.4, -0.2) is 28.5 Å². The number of nitrogens with zero attached hydrogens (tertiary/aromatic N) is 2. The number of benzene rings is 2. The fourth-order valence-electron chi connectivity index (χ4n) is 2.73. The molecule has 4 rings (SSSR count).